The van der Waals surface area contributed by atoms with Crippen molar-refractivity contribution < 1.29 is 22.4 Å². The minimum absolute atomic E-state index is 0.0369. The molecule has 0 radical (unpaired) electrons. The molecule has 0 aliphatic rings. The number of hydrogen-bond acceptors (Lipinski definition) is 8. The number of benzene rings is 2. The lowest BCUT2D eigenvalue weighted by molar-refractivity contribution is 0.292. The highest BCUT2D eigenvalue weighted by molar-refractivity contribution is 7.89. The van der Waals surface area contributed by atoms with Crippen LogP contribution in [0.1, 0.15) is 5.69 Å². The van der Waals surface area contributed by atoms with E-state index in [2.05, 4.69) is 15.2 Å². The lowest BCUT2D eigenvalue weighted by Gasteiger charge is -2.09. The Morgan fingerprint density at radius 3 is 2.68 bits per heavy atom. The number of rotatable bonds is 7. The molecular weight excluding hydrogens is 422 g/mol. The Balaban J connectivity index is 1.60. The molecule has 2 heterocycles. The lowest BCUT2D eigenvalue weighted by atomic mass is 10.2. The third kappa shape index (κ3) is 4.42. The smallest absolute Gasteiger partial charge is 0.261 e. The molecule has 4 rings (SSSR count). The molecule has 11 heteroatoms. The van der Waals surface area contributed by atoms with E-state index >= 15 is 0 Å². The van der Waals surface area contributed by atoms with Gasteiger partial charge in [-0.05, 0) is 24.3 Å². The molecule has 160 valence electrons. The van der Waals surface area contributed by atoms with Crippen molar-refractivity contribution in [2.24, 2.45) is 12.2 Å². The van der Waals surface area contributed by atoms with Crippen LogP contribution in [-0.2, 0) is 23.7 Å². The Kier molecular flexibility index (Phi) is 5.44. The molecule has 0 bridgehead atoms. The molecule has 0 atom stereocenters. The number of nitrogens with two attached hydrogens (primary N) is 1. The zero-order chi connectivity index (χ0) is 22.0. The maximum atomic E-state index is 11.6. The highest BCUT2D eigenvalue weighted by Crippen LogP contribution is 2.27. The standard InChI is InChI=1S/C20H19N5O5S/c1-25-18(12-29-15-7-4-6-14(10-15)28-2)17(11-22-25)20-23-19(24-30-20)13-5-3-8-16(9-13)31(21,26)27/h3-11H,12H2,1-2H3,(H2,21,26,27). The van der Waals surface area contributed by atoms with Crippen LogP contribution >= 0.6 is 0 Å². The molecule has 2 N–H and O–H groups in total. The van der Waals surface area contributed by atoms with Gasteiger partial charge in [-0.25, -0.2) is 13.6 Å². The van der Waals surface area contributed by atoms with Crippen molar-refractivity contribution in [3.05, 3.63) is 60.4 Å². The van der Waals surface area contributed by atoms with E-state index in [4.69, 9.17) is 19.1 Å². The predicted octanol–water partition coefficient (Wildman–Crippen LogP) is 2.37. The third-order valence-corrected chi connectivity index (χ3v) is 5.47. The minimum atomic E-state index is -3.85. The Bertz CT molecular complexity index is 1330. The van der Waals surface area contributed by atoms with Crippen LogP contribution in [0.25, 0.3) is 22.8 Å². The summed E-state index contributed by atoms with van der Waals surface area (Å²) in [5, 5.41) is 13.4. The van der Waals surface area contributed by atoms with Crippen molar-refractivity contribution >= 4 is 10.0 Å². The van der Waals surface area contributed by atoms with Crippen LogP contribution in [0.2, 0.25) is 0 Å². The van der Waals surface area contributed by atoms with Crippen LogP contribution in [0.5, 0.6) is 11.5 Å². The van der Waals surface area contributed by atoms with Gasteiger partial charge >= 0.3 is 0 Å². The van der Waals surface area contributed by atoms with Gasteiger partial charge in [-0.3, -0.25) is 4.68 Å². The molecule has 0 amide bonds. The van der Waals surface area contributed by atoms with Gasteiger partial charge in [0.2, 0.25) is 15.8 Å². The maximum Gasteiger partial charge on any atom is 0.261 e. The normalized spacial score (nSPS) is 11.5. The molecule has 10 nitrogen and oxygen atoms in total. The van der Waals surface area contributed by atoms with E-state index in [-0.39, 0.29) is 23.2 Å². The summed E-state index contributed by atoms with van der Waals surface area (Å²) in [6.07, 6.45) is 1.60. The lowest BCUT2D eigenvalue weighted by Crippen LogP contribution is -2.11. The van der Waals surface area contributed by atoms with Crippen molar-refractivity contribution in [3.63, 3.8) is 0 Å². The van der Waals surface area contributed by atoms with Gasteiger partial charge < -0.3 is 14.0 Å². The quantitative estimate of drug-likeness (QED) is 0.462. The SMILES string of the molecule is COc1cccc(OCc2c(-c3nc(-c4cccc(S(N)(=O)=O)c4)no3)cnn2C)c1. The highest BCUT2D eigenvalue weighted by atomic mass is 32.2. The van der Waals surface area contributed by atoms with E-state index < -0.39 is 10.0 Å². The first-order valence-corrected chi connectivity index (χ1v) is 10.6. The molecule has 0 spiro atoms. The van der Waals surface area contributed by atoms with E-state index in [0.29, 0.717) is 22.6 Å². The molecule has 0 aliphatic heterocycles. The van der Waals surface area contributed by atoms with Gasteiger partial charge in [0, 0.05) is 18.7 Å². The predicted molar refractivity (Wildman–Crippen MR) is 111 cm³/mol. The molecular formula is C20H19N5O5S. The number of ether oxygens (including phenoxy) is 2. The second kappa shape index (κ2) is 8.20. The topological polar surface area (TPSA) is 135 Å². The van der Waals surface area contributed by atoms with Gasteiger partial charge in [-0.15, -0.1) is 0 Å². The van der Waals surface area contributed by atoms with Crippen LogP contribution in [0.3, 0.4) is 0 Å². The van der Waals surface area contributed by atoms with E-state index in [9.17, 15) is 8.42 Å². The van der Waals surface area contributed by atoms with Gasteiger partial charge in [0.05, 0.1) is 29.5 Å². The zero-order valence-electron chi connectivity index (χ0n) is 16.7. The summed E-state index contributed by atoms with van der Waals surface area (Å²) in [5.74, 6) is 1.78. The molecule has 31 heavy (non-hydrogen) atoms. The first kappa shape index (κ1) is 20.6. The molecule has 4 aromatic rings. The van der Waals surface area contributed by atoms with E-state index in [1.807, 2.05) is 18.2 Å². The van der Waals surface area contributed by atoms with E-state index in [0.717, 1.165) is 5.69 Å². The number of aromatic nitrogens is 4. The Morgan fingerprint density at radius 2 is 1.90 bits per heavy atom. The molecule has 0 fully saturated rings. The van der Waals surface area contributed by atoms with Gasteiger partial charge in [0.15, 0.2) is 0 Å². The summed E-state index contributed by atoms with van der Waals surface area (Å²) < 4.78 is 41.3. The van der Waals surface area contributed by atoms with E-state index in [1.165, 1.54) is 12.1 Å². The van der Waals surface area contributed by atoms with Gasteiger partial charge in [0.1, 0.15) is 18.1 Å². The largest absolute Gasteiger partial charge is 0.497 e. The summed E-state index contributed by atoms with van der Waals surface area (Å²) in [6.45, 7) is 0.206. The zero-order valence-corrected chi connectivity index (χ0v) is 17.5. The number of aryl methyl sites for hydroxylation is 1. The molecule has 0 unspecified atom stereocenters. The molecule has 2 aromatic carbocycles. The van der Waals surface area contributed by atoms with Gasteiger partial charge in [-0.2, -0.15) is 10.1 Å². The minimum Gasteiger partial charge on any atom is -0.497 e. The van der Waals surface area contributed by atoms with Crippen molar-refractivity contribution in [3.8, 4) is 34.3 Å². The van der Waals surface area contributed by atoms with Crippen molar-refractivity contribution in [2.75, 3.05) is 7.11 Å². The number of hydrogen-bond donors (Lipinski definition) is 1. The monoisotopic (exact) mass is 441 g/mol. The average molecular weight is 441 g/mol. The summed E-state index contributed by atoms with van der Waals surface area (Å²) in [4.78, 5) is 4.35. The van der Waals surface area contributed by atoms with Gasteiger partial charge in [0.25, 0.3) is 5.89 Å². The fourth-order valence-electron chi connectivity index (χ4n) is 2.92. The van der Waals surface area contributed by atoms with Crippen LogP contribution in [-0.4, -0.2) is 35.4 Å². The fraction of sp³-hybridized carbons (Fsp3) is 0.150. The summed E-state index contributed by atoms with van der Waals surface area (Å²) in [5.41, 5.74) is 1.78. The van der Waals surface area contributed by atoms with Crippen molar-refractivity contribution in [2.45, 2.75) is 11.5 Å². The Hall–Kier alpha value is -3.70. The van der Waals surface area contributed by atoms with E-state index in [1.54, 1.807) is 43.2 Å². The second-order valence-corrected chi connectivity index (χ2v) is 8.15. The summed E-state index contributed by atoms with van der Waals surface area (Å²) in [6, 6.07) is 13.3. The van der Waals surface area contributed by atoms with Crippen molar-refractivity contribution in [1.82, 2.24) is 19.9 Å². The van der Waals surface area contributed by atoms with Crippen LogP contribution in [0.4, 0.5) is 0 Å². The number of methoxy groups -OCH3 is 1. The molecule has 2 aromatic heterocycles. The average Bonchev–Trinajstić information content (AvgIpc) is 3.39. The molecule has 0 aliphatic carbocycles. The first-order chi connectivity index (χ1) is 14.8. The Labute approximate surface area is 178 Å². The highest BCUT2D eigenvalue weighted by Gasteiger charge is 2.19. The molecule has 0 saturated heterocycles. The van der Waals surface area contributed by atoms with Gasteiger partial charge in [-0.1, -0.05) is 23.4 Å². The summed E-state index contributed by atoms with van der Waals surface area (Å²) in [7, 11) is -0.480. The molecule has 0 saturated carbocycles. The fourth-order valence-corrected chi connectivity index (χ4v) is 3.48. The first-order valence-electron chi connectivity index (χ1n) is 9.10. The second-order valence-electron chi connectivity index (χ2n) is 6.59. The Morgan fingerprint density at radius 1 is 1.13 bits per heavy atom. The third-order valence-electron chi connectivity index (χ3n) is 4.56. The van der Waals surface area contributed by atoms with Crippen LogP contribution in [0, 0.1) is 0 Å². The number of sulfonamides is 1. The van der Waals surface area contributed by atoms with Crippen LogP contribution in [0.15, 0.2) is 64.1 Å². The summed E-state index contributed by atoms with van der Waals surface area (Å²) >= 11 is 0. The van der Waals surface area contributed by atoms with Crippen LogP contribution < -0.4 is 14.6 Å². The number of nitrogens with zero attached hydrogens (tertiary/aromatic N) is 4. The number of primary sulfonamides is 1. The maximum absolute atomic E-state index is 11.6. The van der Waals surface area contributed by atoms with Crippen molar-refractivity contribution in [1.29, 1.82) is 0 Å².